The Balaban J connectivity index is 2.58. The van der Waals surface area contributed by atoms with Crippen LogP contribution in [0.25, 0.3) is 0 Å². The Hall–Kier alpha value is -0.340. The van der Waals surface area contributed by atoms with Crippen LogP contribution in [0.15, 0.2) is 22.7 Å². The van der Waals surface area contributed by atoms with Crippen molar-refractivity contribution in [3.8, 4) is 0 Å². The Kier molecular flexibility index (Phi) is 4.57. The summed E-state index contributed by atoms with van der Waals surface area (Å²) < 4.78 is 1.19. The first-order chi connectivity index (χ1) is 7.30. The molecule has 0 aliphatic rings. The van der Waals surface area contributed by atoms with Gasteiger partial charge in [-0.05, 0) is 36.5 Å². The average molecular weight is 284 g/mol. The van der Waals surface area contributed by atoms with E-state index < -0.39 is 0 Å². The first-order valence-corrected chi connectivity index (χ1v) is 6.58. The van der Waals surface area contributed by atoms with Crippen molar-refractivity contribution in [2.75, 3.05) is 0 Å². The molecule has 1 nitrogen and oxygen atoms in total. The van der Waals surface area contributed by atoms with Crippen LogP contribution in [0, 0.1) is 12.3 Å². The molecule has 0 aromatic heterocycles. The van der Waals surface area contributed by atoms with Crippen LogP contribution in [0.3, 0.4) is 0 Å². The van der Waals surface area contributed by atoms with Gasteiger partial charge in [-0.2, -0.15) is 0 Å². The Labute approximate surface area is 108 Å². The molecule has 0 saturated heterocycles. The topological polar surface area (TPSA) is 12.0 Å². The summed E-state index contributed by atoms with van der Waals surface area (Å²) in [4.78, 5) is 0. The molecule has 90 valence electrons. The fourth-order valence-electron chi connectivity index (χ4n) is 1.32. The van der Waals surface area contributed by atoms with Crippen LogP contribution >= 0.6 is 15.9 Å². The number of hydrogen-bond donors (Lipinski definition) is 1. The van der Waals surface area contributed by atoms with Crippen molar-refractivity contribution in [1.29, 1.82) is 0 Å². The van der Waals surface area contributed by atoms with E-state index in [2.05, 4.69) is 74.1 Å². The monoisotopic (exact) mass is 283 g/mol. The SMILES string of the molecule is Cc1ccc(CNC(C)C(C)(C)C)cc1Br. The molecule has 0 aliphatic carbocycles. The highest BCUT2D eigenvalue weighted by molar-refractivity contribution is 9.10. The first-order valence-electron chi connectivity index (χ1n) is 5.79. The molecular weight excluding hydrogens is 262 g/mol. The number of halogens is 1. The lowest BCUT2D eigenvalue weighted by molar-refractivity contribution is 0.285. The van der Waals surface area contributed by atoms with Crippen molar-refractivity contribution in [1.82, 2.24) is 5.32 Å². The highest BCUT2D eigenvalue weighted by Crippen LogP contribution is 2.20. The lowest BCUT2D eigenvalue weighted by atomic mass is 9.88. The Bertz CT molecular complexity index is 352. The average Bonchev–Trinajstić information content (AvgIpc) is 2.18. The normalized spacial score (nSPS) is 13.9. The van der Waals surface area contributed by atoms with E-state index in [-0.39, 0.29) is 0 Å². The molecule has 0 saturated carbocycles. The highest BCUT2D eigenvalue weighted by atomic mass is 79.9. The third kappa shape index (κ3) is 3.91. The summed E-state index contributed by atoms with van der Waals surface area (Å²) in [5.74, 6) is 0. The van der Waals surface area contributed by atoms with Gasteiger partial charge in [-0.1, -0.05) is 48.8 Å². The van der Waals surface area contributed by atoms with E-state index in [4.69, 9.17) is 0 Å². The van der Waals surface area contributed by atoms with Gasteiger partial charge in [0, 0.05) is 17.1 Å². The van der Waals surface area contributed by atoms with Gasteiger partial charge in [0.15, 0.2) is 0 Å². The summed E-state index contributed by atoms with van der Waals surface area (Å²) in [6, 6.07) is 7.04. The Morgan fingerprint density at radius 2 is 1.94 bits per heavy atom. The largest absolute Gasteiger partial charge is 0.310 e. The van der Waals surface area contributed by atoms with Crippen LogP contribution in [0.1, 0.15) is 38.8 Å². The fourth-order valence-corrected chi connectivity index (χ4v) is 1.75. The maximum atomic E-state index is 3.56. The van der Waals surface area contributed by atoms with E-state index in [9.17, 15) is 0 Å². The van der Waals surface area contributed by atoms with Crippen molar-refractivity contribution >= 4 is 15.9 Å². The van der Waals surface area contributed by atoms with Gasteiger partial charge in [-0.3, -0.25) is 0 Å². The smallest absolute Gasteiger partial charge is 0.0208 e. The van der Waals surface area contributed by atoms with Crippen molar-refractivity contribution in [2.24, 2.45) is 5.41 Å². The quantitative estimate of drug-likeness (QED) is 0.873. The number of rotatable bonds is 3. The first kappa shape index (κ1) is 13.7. The number of aryl methyl sites for hydroxylation is 1. The van der Waals surface area contributed by atoms with Gasteiger partial charge in [-0.15, -0.1) is 0 Å². The molecule has 1 unspecified atom stereocenters. The number of benzene rings is 1. The van der Waals surface area contributed by atoms with Gasteiger partial charge in [0.25, 0.3) is 0 Å². The summed E-state index contributed by atoms with van der Waals surface area (Å²) in [6.07, 6.45) is 0. The molecule has 1 atom stereocenters. The summed E-state index contributed by atoms with van der Waals surface area (Å²) >= 11 is 3.56. The third-order valence-corrected chi connectivity index (χ3v) is 4.00. The Morgan fingerprint density at radius 3 is 2.44 bits per heavy atom. The molecule has 0 spiro atoms. The van der Waals surface area contributed by atoms with Crippen molar-refractivity contribution in [2.45, 2.75) is 47.2 Å². The summed E-state index contributed by atoms with van der Waals surface area (Å²) in [6.45, 7) is 12.1. The van der Waals surface area contributed by atoms with Gasteiger partial charge >= 0.3 is 0 Å². The van der Waals surface area contributed by atoms with Gasteiger partial charge < -0.3 is 5.32 Å². The molecule has 16 heavy (non-hydrogen) atoms. The molecule has 0 radical (unpaired) electrons. The maximum Gasteiger partial charge on any atom is 0.0208 e. The molecule has 0 heterocycles. The molecule has 0 bridgehead atoms. The molecule has 0 aliphatic heterocycles. The lowest BCUT2D eigenvalue weighted by Gasteiger charge is -2.28. The van der Waals surface area contributed by atoms with Crippen molar-refractivity contribution in [3.63, 3.8) is 0 Å². The van der Waals surface area contributed by atoms with E-state index in [1.54, 1.807) is 0 Å². The maximum absolute atomic E-state index is 3.56. The standard InChI is InChI=1S/C14H22BrN/c1-10-6-7-12(8-13(10)15)9-16-11(2)14(3,4)5/h6-8,11,16H,9H2,1-5H3. The lowest BCUT2D eigenvalue weighted by Crippen LogP contribution is -2.37. The van der Waals surface area contributed by atoms with E-state index >= 15 is 0 Å². The number of nitrogens with one attached hydrogen (secondary N) is 1. The molecule has 2 heteroatoms. The molecule has 0 fully saturated rings. The van der Waals surface area contributed by atoms with E-state index in [1.165, 1.54) is 15.6 Å². The molecule has 1 N–H and O–H groups in total. The minimum atomic E-state index is 0.307. The second-order valence-electron chi connectivity index (χ2n) is 5.55. The zero-order chi connectivity index (χ0) is 12.3. The van der Waals surface area contributed by atoms with Crippen LogP contribution in [0.5, 0.6) is 0 Å². The van der Waals surface area contributed by atoms with Crippen LogP contribution in [-0.2, 0) is 6.54 Å². The second kappa shape index (κ2) is 5.33. The molecule has 1 aromatic rings. The zero-order valence-corrected chi connectivity index (χ0v) is 12.5. The van der Waals surface area contributed by atoms with E-state index in [1.807, 2.05) is 0 Å². The van der Waals surface area contributed by atoms with Gasteiger partial charge in [-0.25, -0.2) is 0 Å². The van der Waals surface area contributed by atoms with E-state index in [0.29, 0.717) is 11.5 Å². The molecular formula is C14H22BrN. The predicted octanol–water partition coefficient (Wildman–Crippen LogP) is 4.28. The third-order valence-electron chi connectivity index (χ3n) is 3.15. The minimum Gasteiger partial charge on any atom is -0.310 e. The van der Waals surface area contributed by atoms with Crippen LogP contribution in [0.2, 0.25) is 0 Å². The van der Waals surface area contributed by atoms with Crippen molar-refractivity contribution in [3.05, 3.63) is 33.8 Å². The zero-order valence-electron chi connectivity index (χ0n) is 10.9. The molecule has 0 amide bonds. The molecule has 1 rings (SSSR count). The summed E-state index contributed by atoms with van der Waals surface area (Å²) in [5.41, 5.74) is 2.92. The Morgan fingerprint density at radius 1 is 1.31 bits per heavy atom. The van der Waals surface area contributed by atoms with E-state index in [0.717, 1.165) is 6.54 Å². The van der Waals surface area contributed by atoms with Gasteiger partial charge in [0.2, 0.25) is 0 Å². The van der Waals surface area contributed by atoms with Gasteiger partial charge in [0.1, 0.15) is 0 Å². The second-order valence-corrected chi connectivity index (χ2v) is 6.41. The molecule has 1 aromatic carbocycles. The summed E-state index contributed by atoms with van der Waals surface area (Å²) in [7, 11) is 0. The minimum absolute atomic E-state index is 0.307. The highest BCUT2D eigenvalue weighted by Gasteiger charge is 2.18. The fraction of sp³-hybridized carbons (Fsp3) is 0.571. The number of hydrogen-bond acceptors (Lipinski definition) is 1. The predicted molar refractivity (Wildman–Crippen MR) is 74.6 cm³/mol. The van der Waals surface area contributed by atoms with Gasteiger partial charge in [0.05, 0.1) is 0 Å². The van der Waals surface area contributed by atoms with Crippen molar-refractivity contribution < 1.29 is 0 Å². The van der Waals surface area contributed by atoms with Crippen LogP contribution < -0.4 is 5.32 Å². The van der Waals surface area contributed by atoms with Crippen LogP contribution in [-0.4, -0.2) is 6.04 Å². The van der Waals surface area contributed by atoms with Crippen LogP contribution in [0.4, 0.5) is 0 Å². The summed E-state index contributed by atoms with van der Waals surface area (Å²) in [5, 5.41) is 3.56.